The molecule has 2 fully saturated rings. The summed E-state index contributed by atoms with van der Waals surface area (Å²) in [5.41, 5.74) is 1.15. The van der Waals surface area contributed by atoms with Crippen molar-refractivity contribution < 1.29 is 4.74 Å². The van der Waals surface area contributed by atoms with Gasteiger partial charge in [-0.3, -0.25) is 0 Å². The van der Waals surface area contributed by atoms with Crippen LogP contribution in [0.15, 0.2) is 24.3 Å². The summed E-state index contributed by atoms with van der Waals surface area (Å²) in [7, 11) is 2.19. The number of likely N-dealkylation sites (tertiary alicyclic amines) is 1. The molecule has 1 aromatic carbocycles. The zero-order valence-electron chi connectivity index (χ0n) is 14.7. The first-order valence-electron chi connectivity index (χ1n) is 9.15. The molecule has 2 saturated heterocycles. The summed E-state index contributed by atoms with van der Waals surface area (Å²) in [6, 6.07) is 8.41. The molecule has 2 aliphatic rings. The van der Waals surface area contributed by atoms with E-state index in [0.29, 0.717) is 12.0 Å². The van der Waals surface area contributed by atoms with Crippen LogP contribution in [0.25, 0.3) is 0 Å². The van der Waals surface area contributed by atoms with E-state index in [-0.39, 0.29) is 0 Å². The minimum atomic E-state index is 0.375. The van der Waals surface area contributed by atoms with E-state index in [4.69, 9.17) is 26.4 Å². The minimum Gasteiger partial charge on any atom is -0.381 e. The Labute approximate surface area is 153 Å². The van der Waals surface area contributed by atoms with Gasteiger partial charge in [0.2, 0.25) is 0 Å². The SMILES string of the molecule is CN1CCC(n2nc(Cc3cccc(Cl)c3)nc2C2CCOC2)CC1. The first-order chi connectivity index (χ1) is 12.2. The molecule has 0 aliphatic carbocycles. The summed E-state index contributed by atoms with van der Waals surface area (Å²) >= 11 is 6.12. The molecule has 0 amide bonds. The van der Waals surface area contributed by atoms with E-state index in [1.807, 2.05) is 18.2 Å². The third kappa shape index (κ3) is 3.89. The van der Waals surface area contributed by atoms with Crippen molar-refractivity contribution in [1.82, 2.24) is 19.7 Å². The van der Waals surface area contributed by atoms with Gasteiger partial charge in [0.1, 0.15) is 5.82 Å². The molecule has 1 unspecified atom stereocenters. The third-order valence-corrected chi connectivity index (χ3v) is 5.52. The van der Waals surface area contributed by atoms with E-state index >= 15 is 0 Å². The predicted octanol–water partition coefficient (Wildman–Crippen LogP) is 3.29. The highest BCUT2D eigenvalue weighted by molar-refractivity contribution is 6.30. The largest absolute Gasteiger partial charge is 0.381 e. The van der Waals surface area contributed by atoms with Crippen molar-refractivity contribution in [2.75, 3.05) is 33.4 Å². The molecule has 3 heterocycles. The number of rotatable bonds is 4. The molecule has 134 valence electrons. The van der Waals surface area contributed by atoms with Crippen LogP contribution in [0.5, 0.6) is 0 Å². The molecular formula is C19H25ClN4O. The van der Waals surface area contributed by atoms with E-state index in [0.717, 1.165) is 74.2 Å². The van der Waals surface area contributed by atoms with Crippen molar-refractivity contribution in [3.8, 4) is 0 Å². The molecule has 6 heteroatoms. The van der Waals surface area contributed by atoms with Gasteiger partial charge in [-0.25, -0.2) is 9.67 Å². The third-order valence-electron chi connectivity index (χ3n) is 5.28. The second-order valence-electron chi connectivity index (χ2n) is 7.23. The van der Waals surface area contributed by atoms with Gasteiger partial charge in [0, 0.05) is 24.0 Å². The zero-order valence-corrected chi connectivity index (χ0v) is 15.5. The van der Waals surface area contributed by atoms with Crippen LogP contribution in [0, 0.1) is 0 Å². The lowest BCUT2D eigenvalue weighted by Crippen LogP contribution is -2.32. The maximum absolute atomic E-state index is 6.12. The second kappa shape index (κ2) is 7.44. The molecule has 2 aromatic rings. The summed E-state index contributed by atoms with van der Waals surface area (Å²) in [6.45, 7) is 3.83. The van der Waals surface area contributed by atoms with Crippen LogP contribution < -0.4 is 0 Å². The van der Waals surface area contributed by atoms with Crippen LogP contribution in [0.4, 0.5) is 0 Å². The highest BCUT2D eigenvalue weighted by Crippen LogP contribution is 2.30. The van der Waals surface area contributed by atoms with Crippen LogP contribution in [-0.4, -0.2) is 53.0 Å². The Kier molecular flexibility index (Phi) is 5.06. The number of hydrogen-bond acceptors (Lipinski definition) is 4. The molecule has 0 N–H and O–H groups in total. The number of halogens is 1. The van der Waals surface area contributed by atoms with Gasteiger partial charge in [0.05, 0.1) is 12.6 Å². The molecule has 1 atom stereocenters. The standard InChI is InChI=1S/C19H25ClN4O/c1-23-8-5-17(6-9-23)24-19(15-7-10-25-13-15)21-18(22-24)12-14-3-2-4-16(20)11-14/h2-4,11,15,17H,5-10,12-13H2,1H3. The van der Waals surface area contributed by atoms with Crippen LogP contribution in [0.2, 0.25) is 5.02 Å². The quantitative estimate of drug-likeness (QED) is 0.839. The van der Waals surface area contributed by atoms with Crippen molar-refractivity contribution >= 4 is 11.6 Å². The summed E-state index contributed by atoms with van der Waals surface area (Å²) in [5, 5.41) is 5.68. The smallest absolute Gasteiger partial charge is 0.155 e. The average Bonchev–Trinajstić information content (AvgIpc) is 3.25. The topological polar surface area (TPSA) is 43.2 Å². The molecule has 4 rings (SSSR count). The highest BCUT2D eigenvalue weighted by atomic mass is 35.5. The van der Waals surface area contributed by atoms with Crippen molar-refractivity contribution in [2.45, 2.75) is 37.6 Å². The predicted molar refractivity (Wildman–Crippen MR) is 98.2 cm³/mol. The van der Waals surface area contributed by atoms with Crippen molar-refractivity contribution in [1.29, 1.82) is 0 Å². The van der Waals surface area contributed by atoms with Crippen LogP contribution in [0.3, 0.4) is 0 Å². The van der Waals surface area contributed by atoms with Gasteiger partial charge in [-0.2, -0.15) is 5.10 Å². The summed E-state index contributed by atoms with van der Waals surface area (Å²) in [6.07, 6.45) is 4.04. The Hall–Kier alpha value is -1.43. The van der Waals surface area contributed by atoms with Gasteiger partial charge in [0.25, 0.3) is 0 Å². The van der Waals surface area contributed by atoms with Gasteiger partial charge in [0.15, 0.2) is 5.82 Å². The molecular weight excluding hydrogens is 336 g/mol. The van der Waals surface area contributed by atoms with E-state index in [1.54, 1.807) is 0 Å². The summed E-state index contributed by atoms with van der Waals surface area (Å²) in [4.78, 5) is 7.31. The van der Waals surface area contributed by atoms with Gasteiger partial charge in [-0.15, -0.1) is 0 Å². The van der Waals surface area contributed by atoms with Gasteiger partial charge < -0.3 is 9.64 Å². The van der Waals surface area contributed by atoms with E-state index < -0.39 is 0 Å². The average molecular weight is 361 g/mol. The van der Waals surface area contributed by atoms with E-state index in [2.05, 4.69) is 22.7 Å². The Balaban J connectivity index is 1.60. The Morgan fingerprint density at radius 3 is 2.80 bits per heavy atom. The zero-order chi connectivity index (χ0) is 17.2. The Bertz CT molecular complexity index is 718. The number of nitrogens with zero attached hydrogens (tertiary/aromatic N) is 4. The first kappa shape index (κ1) is 17.0. The van der Waals surface area contributed by atoms with Crippen LogP contribution >= 0.6 is 11.6 Å². The number of aromatic nitrogens is 3. The van der Waals surface area contributed by atoms with Crippen LogP contribution in [0.1, 0.15) is 48.4 Å². The van der Waals surface area contributed by atoms with Crippen molar-refractivity contribution in [3.05, 3.63) is 46.5 Å². The number of ether oxygens (including phenoxy) is 1. The molecule has 0 radical (unpaired) electrons. The van der Waals surface area contributed by atoms with E-state index in [1.165, 1.54) is 0 Å². The van der Waals surface area contributed by atoms with Gasteiger partial charge in [-0.1, -0.05) is 23.7 Å². The number of hydrogen-bond donors (Lipinski definition) is 0. The minimum absolute atomic E-state index is 0.375. The fraction of sp³-hybridized carbons (Fsp3) is 0.579. The van der Waals surface area contributed by atoms with E-state index in [9.17, 15) is 0 Å². The van der Waals surface area contributed by atoms with Crippen molar-refractivity contribution in [2.24, 2.45) is 0 Å². The molecule has 0 saturated carbocycles. The number of piperidine rings is 1. The molecule has 1 aromatic heterocycles. The maximum atomic E-state index is 6.12. The van der Waals surface area contributed by atoms with Gasteiger partial charge in [-0.05, 0) is 57.1 Å². The summed E-state index contributed by atoms with van der Waals surface area (Å²) in [5.74, 6) is 2.38. The normalized spacial score (nSPS) is 22.6. The molecule has 5 nitrogen and oxygen atoms in total. The number of benzene rings is 1. The lowest BCUT2D eigenvalue weighted by Gasteiger charge is -2.30. The van der Waals surface area contributed by atoms with Gasteiger partial charge >= 0.3 is 0 Å². The Morgan fingerprint density at radius 1 is 1.24 bits per heavy atom. The fourth-order valence-electron chi connectivity index (χ4n) is 3.81. The first-order valence-corrected chi connectivity index (χ1v) is 9.53. The monoisotopic (exact) mass is 360 g/mol. The maximum Gasteiger partial charge on any atom is 0.155 e. The lowest BCUT2D eigenvalue weighted by molar-refractivity contribution is 0.188. The molecule has 0 spiro atoms. The second-order valence-corrected chi connectivity index (χ2v) is 7.67. The fourth-order valence-corrected chi connectivity index (χ4v) is 4.02. The molecule has 25 heavy (non-hydrogen) atoms. The molecule has 0 bridgehead atoms. The Morgan fingerprint density at radius 2 is 2.08 bits per heavy atom. The highest BCUT2D eigenvalue weighted by Gasteiger charge is 2.29. The summed E-state index contributed by atoms with van der Waals surface area (Å²) < 4.78 is 7.82. The van der Waals surface area contributed by atoms with Crippen molar-refractivity contribution in [3.63, 3.8) is 0 Å². The molecule has 2 aliphatic heterocycles. The lowest BCUT2D eigenvalue weighted by atomic mass is 10.0. The van der Waals surface area contributed by atoms with Crippen LogP contribution in [-0.2, 0) is 11.2 Å².